The van der Waals surface area contributed by atoms with Gasteiger partial charge in [-0.15, -0.1) is 11.8 Å². The van der Waals surface area contributed by atoms with Crippen molar-refractivity contribution in [2.24, 2.45) is 0 Å². The van der Waals surface area contributed by atoms with E-state index in [1.165, 1.54) is 30.8 Å². The maximum absolute atomic E-state index is 2.50. The van der Waals surface area contributed by atoms with Gasteiger partial charge in [-0.2, -0.15) is 0 Å². The Morgan fingerprint density at radius 3 is 3.07 bits per heavy atom. The van der Waals surface area contributed by atoms with E-state index in [1.54, 1.807) is 16.0 Å². The Hall–Kier alpha value is -0.630. The highest BCUT2D eigenvalue weighted by Gasteiger charge is 2.24. The molecule has 0 fully saturated rings. The SMILES string of the molecule is CCN1CCc2c1ccc1c2CCS1. The van der Waals surface area contributed by atoms with E-state index >= 15 is 0 Å². The number of nitrogens with zero attached hydrogens (tertiary/aromatic N) is 1. The van der Waals surface area contributed by atoms with Crippen LogP contribution in [0.2, 0.25) is 0 Å². The molecule has 74 valence electrons. The summed E-state index contributed by atoms with van der Waals surface area (Å²) in [7, 11) is 0. The van der Waals surface area contributed by atoms with Crippen LogP contribution in [0.25, 0.3) is 0 Å². The van der Waals surface area contributed by atoms with Crippen molar-refractivity contribution >= 4 is 17.4 Å². The van der Waals surface area contributed by atoms with Crippen molar-refractivity contribution in [1.82, 2.24) is 0 Å². The molecule has 0 aromatic heterocycles. The smallest absolute Gasteiger partial charge is 0.0403 e. The van der Waals surface area contributed by atoms with Crippen LogP contribution >= 0.6 is 11.8 Å². The molecule has 0 saturated carbocycles. The standard InChI is InChI=1S/C12H15NS/c1-2-13-7-5-9-10-6-8-14-12(10)4-3-11(9)13/h3-4H,2,5-8H2,1H3. The molecule has 0 N–H and O–H groups in total. The molecule has 2 aliphatic heterocycles. The second kappa shape index (κ2) is 3.20. The molecule has 1 aromatic rings. The van der Waals surface area contributed by atoms with Crippen LogP contribution in [0.1, 0.15) is 18.1 Å². The fourth-order valence-electron chi connectivity index (χ4n) is 2.60. The van der Waals surface area contributed by atoms with Crippen molar-refractivity contribution in [2.75, 3.05) is 23.7 Å². The van der Waals surface area contributed by atoms with Crippen LogP contribution in [0.4, 0.5) is 5.69 Å². The van der Waals surface area contributed by atoms with E-state index in [1.807, 2.05) is 11.8 Å². The molecule has 14 heavy (non-hydrogen) atoms. The van der Waals surface area contributed by atoms with Gasteiger partial charge in [0, 0.05) is 29.4 Å². The molecule has 1 nitrogen and oxygen atoms in total. The van der Waals surface area contributed by atoms with Gasteiger partial charge in [0.1, 0.15) is 0 Å². The molecule has 0 radical (unpaired) electrons. The maximum atomic E-state index is 2.50. The number of anilines is 1. The van der Waals surface area contributed by atoms with Gasteiger partial charge in [0.25, 0.3) is 0 Å². The van der Waals surface area contributed by atoms with E-state index < -0.39 is 0 Å². The molecule has 2 heterocycles. The first kappa shape index (κ1) is 8.66. The number of likely N-dealkylation sites (N-methyl/N-ethyl adjacent to an activating group) is 1. The summed E-state index contributed by atoms with van der Waals surface area (Å²) in [6.45, 7) is 4.63. The number of benzene rings is 1. The summed E-state index contributed by atoms with van der Waals surface area (Å²) in [5.41, 5.74) is 4.81. The van der Waals surface area contributed by atoms with Crippen LogP contribution in [0.15, 0.2) is 17.0 Å². The van der Waals surface area contributed by atoms with Crippen LogP contribution in [0.3, 0.4) is 0 Å². The van der Waals surface area contributed by atoms with Crippen molar-refractivity contribution in [3.05, 3.63) is 23.3 Å². The minimum Gasteiger partial charge on any atom is -0.371 e. The van der Waals surface area contributed by atoms with Gasteiger partial charge in [-0.25, -0.2) is 0 Å². The van der Waals surface area contributed by atoms with Gasteiger partial charge in [-0.05, 0) is 43.0 Å². The molecule has 0 spiro atoms. The van der Waals surface area contributed by atoms with Crippen LogP contribution in [0, 0.1) is 0 Å². The lowest BCUT2D eigenvalue weighted by atomic mass is 10.0. The molecule has 0 atom stereocenters. The Balaban J connectivity index is 2.12. The zero-order valence-corrected chi connectivity index (χ0v) is 9.36. The summed E-state index contributed by atoms with van der Waals surface area (Å²) in [4.78, 5) is 4.04. The molecule has 2 aliphatic rings. The van der Waals surface area contributed by atoms with E-state index in [4.69, 9.17) is 0 Å². The third-order valence-corrected chi connectivity index (χ3v) is 4.43. The molecule has 0 amide bonds. The van der Waals surface area contributed by atoms with Gasteiger partial charge in [0.05, 0.1) is 0 Å². The molecule has 2 heteroatoms. The normalized spacial score (nSPS) is 18.5. The van der Waals surface area contributed by atoms with Crippen molar-refractivity contribution in [3.63, 3.8) is 0 Å². The first-order valence-corrected chi connectivity index (χ1v) is 6.41. The summed E-state index contributed by atoms with van der Waals surface area (Å²) in [5.74, 6) is 1.29. The van der Waals surface area contributed by atoms with Gasteiger partial charge >= 0.3 is 0 Å². The lowest BCUT2D eigenvalue weighted by molar-refractivity contribution is 0.866. The van der Waals surface area contributed by atoms with Gasteiger partial charge in [0.15, 0.2) is 0 Å². The van der Waals surface area contributed by atoms with Crippen molar-refractivity contribution in [2.45, 2.75) is 24.7 Å². The van der Waals surface area contributed by atoms with Gasteiger partial charge < -0.3 is 4.90 Å². The predicted octanol–water partition coefficient (Wildman–Crippen LogP) is 2.72. The fraction of sp³-hybridized carbons (Fsp3) is 0.500. The average Bonchev–Trinajstić information content (AvgIpc) is 2.82. The monoisotopic (exact) mass is 205 g/mol. The van der Waals surface area contributed by atoms with Crippen LogP contribution in [0.5, 0.6) is 0 Å². The Kier molecular flexibility index (Phi) is 1.98. The quantitative estimate of drug-likeness (QED) is 0.693. The minimum atomic E-state index is 1.15. The van der Waals surface area contributed by atoms with E-state index in [0.29, 0.717) is 0 Å². The molecule has 3 rings (SSSR count). The highest BCUT2D eigenvalue weighted by Crippen LogP contribution is 2.40. The lowest BCUT2D eigenvalue weighted by Crippen LogP contribution is -2.18. The zero-order valence-electron chi connectivity index (χ0n) is 8.55. The summed E-state index contributed by atoms with van der Waals surface area (Å²) >= 11 is 2.02. The third-order valence-electron chi connectivity index (χ3n) is 3.33. The fourth-order valence-corrected chi connectivity index (χ4v) is 3.69. The van der Waals surface area contributed by atoms with E-state index in [0.717, 1.165) is 6.54 Å². The number of fused-ring (bicyclic) bond motifs is 3. The average molecular weight is 205 g/mol. The Bertz CT molecular complexity index is 373. The zero-order chi connectivity index (χ0) is 9.54. The highest BCUT2D eigenvalue weighted by atomic mass is 32.2. The Morgan fingerprint density at radius 1 is 1.29 bits per heavy atom. The molecule has 1 aromatic carbocycles. The van der Waals surface area contributed by atoms with E-state index in [-0.39, 0.29) is 0 Å². The van der Waals surface area contributed by atoms with Crippen molar-refractivity contribution < 1.29 is 0 Å². The second-order valence-corrected chi connectivity index (χ2v) is 5.10. The topological polar surface area (TPSA) is 3.24 Å². The van der Waals surface area contributed by atoms with Gasteiger partial charge in [0.2, 0.25) is 0 Å². The van der Waals surface area contributed by atoms with Crippen LogP contribution < -0.4 is 4.90 Å². The minimum absolute atomic E-state index is 1.15. The molecule has 0 aliphatic carbocycles. The lowest BCUT2D eigenvalue weighted by Gasteiger charge is -2.17. The number of thioether (sulfide) groups is 1. The number of rotatable bonds is 1. The summed E-state index contributed by atoms with van der Waals surface area (Å²) < 4.78 is 0. The van der Waals surface area contributed by atoms with Gasteiger partial charge in [-0.1, -0.05) is 0 Å². The molecule has 0 unspecified atom stereocenters. The Labute approximate surface area is 89.5 Å². The number of hydrogen-bond donors (Lipinski definition) is 0. The van der Waals surface area contributed by atoms with Crippen molar-refractivity contribution in [3.8, 4) is 0 Å². The predicted molar refractivity (Wildman–Crippen MR) is 62.5 cm³/mol. The maximum Gasteiger partial charge on any atom is 0.0403 e. The largest absolute Gasteiger partial charge is 0.371 e. The first-order chi connectivity index (χ1) is 6.90. The van der Waals surface area contributed by atoms with E-state index in [9.17, 15) is 0 Å². The van der Waals surface area contributed by atoms with Crippen LogP contribution in [-0.2, 0) is 12.8 Å². The Morgan fingerprint density at radius 2 is 2.21 bits per heavy atom. The van der Waals surface area contributed by atoms with Crippen molar-refractivity contribution in [1.29, 1.82) is 0 Å². The second-order valence-electron chi connectivity index (χ2n) is 3.97. The summed E-state index contributed by atoms with van der Waals surface area (Å²) in [5, 5.41) is 0. The van der Waals surface area contributed by atoms with Gasteiger partial charge in [-0.3, -0.25) is 0 Å². The third kappa shape index (κ3) is 1.10. The molecule has 0 bridgehead atoms. The molecular formula is C12H15NS. The number of hydrogen-bond acceptors (Lipinski definition) is 2. The molecular weight excluding hydrogens is 190 g/mol. The van der Waals surface area contributed by atoms with E-state index in [2.05, 4.69) is 24.0 Å². The summed E-state index contributed by atoms with van der Waals surface area (Å²) in [6, 6.07) is 4.64. The first-order valence-electron chi connectivity index (χ1n) is 5.42. The molecule has 0 saturated heterocycles. The highest BCUT2D eigenvalue weighted by molar-refractivity contribution is 7.99. The van der Waals surface area contributed by atoms with Crippen LogP contribution in [-0.4, -0.2) is 18.8 Å². The summed E-state index contributed by atoms with van der Waals surface area (Å²) in [6.07, 6.45) is 2.56.